The molecule has 39 heavy (non-hydrogen) atoms. The van der Waals surface area contributed by atoms with Gasteiger partial charge in [-0.1, -0.05) is 66.2 Å². The molecule has 1 N–H and O–H groups in total. The Kier molecular flexibility index (Phi) is 7.91. The van der Waals surface area contributed by atoms with Crippen LogP contribution in [-0.4, -0.2) is 36.0 Å². The third-order valence-electron chi connectivity index (χ3n) is 6.80. The fourth-order valence-electron chi connectivity index (χ4n) is 4.61. The summed E-state index contributed by atoms with van der Waals surface area (Å²) in [5.41, 5.74) is -5.60. The first-order chi connectivity index (χ1) is 18.2. The van der Waals surface area contributed by atoms with Crippen molar-refractivity contribution in [1.82, 2.24) is 0 Å². The van der Waals surface area contributed by atoms with Crippen molar-refractivity contribution in [3.63, 3.8) is 0 Å². The molecule has 4 rings (SSSR count). The molecule has 2 atom stereocenters. The molecule has 1 heterocycles. The summed E-state index contributed by atoms with van der Waals surface area (Å²) in [5.74, 6) is -0.783. The smallest absolute Gasteiger partial charge is 0.430 e. The maximum atomic E-state index is 13.7. The number of benzene rings is 3. The summed E-state index contributed by atoms with van der Waals surface area (Å²) in [6, 6.07) is 17.6. The van der Waals surface area contributed by atoms with Gasteiger partial charge in [0.15, 0.2) is 0 Å². The SMILES string of the molecule is C[C@H](C(=O)N1C[C@@H](Oc2ccccc2Cl)CCc2cc(C(O)(C(F)(F)F)C(F)(F)F)ccc21)c1ccccc1. The Morgan fingerprint density at radius 1 is 0.974 bits per heavy atom. The Hall–Kier alpha value is -3.24. The van der Waals surface area contributed by atoms with Crippen molar-refractivity contribution in [2.24, 2.45) is 0 Å². The quantitative estimate of drug-likeness (QED) is 0.330. The molecule has 3 aromatic carbocycles. The number of hydrogen-bond acceptors (Lipinski definition) is 3. The number of anilines is 1. The average molecular weight is 572 g/mol. The Bertz CT molecular complexity index is 1310. The number of para-hydroxylation sites is 1. The molecular formula is C28H24ClF6NO3. The van der Waals surface area contributed by atoms with Gasteiger partial charge in [-0.15, -0.1) is 0 Å². The number of rotatable bonds is 5. The van der Waals surface area contributed by atoms with Gasteiger partial charge in [0.1, 0.15) is 11.9 Å². The summed E-state index contributed by atoms with van der Waals surface area (Å²) >= 11 is 6.21. The number of halogens is 7. The van der Waals surface area contributed by atoms with Gasteiger partial charge in [0, 0.05) is 11.3 Å². The second-order valence-electron chi connectivity index (χ2n) is 9.34. The Balaban J connectivity index is 1.78. The number of nitrogens with zero attached hydrogens (tertiary/aromatic N) is 1. The molecule has 1 amide bonds. The minimum absolute atomic E-state index is 0.0203. The molecule has 0 aromatic heterocycles. The molecule has 0 spiro atoms. The fraction of sp³-hybridized carbons (Fsp3) is 0.321. The lowest BCUT2D eigenvalue weighted by molar-refractivity contribution is -0.376. The maximum absolute atomic E-state index is 13.7. The number of carbonyl (C=O) groups excluding carboxylic acids is 1. The number of carbonyl (C=O) groups is 1. The van der Waals surface area contributed by atoms with Crippen molar-refractivity contribution in [2.75, 3.05) is 11.4 Å². The lowest BCUT2D eigenvalue weighted by Gasteiger charge is -2.34. The van der Waals surface area contributed by atoms with E-state index in [1.165, 1.54) is 4.90 Å². The molecule has 0 saturated carbocycles. The highest BCUT2D eigenvalue weighted by Gasteiger charge is 2.71. The van der Waals surface area contributed by atoms with E-state index in [4.69, 9.17) is 16.3 Å². The minimum Gasteiger partial charge on any atom is -0.487 e. The topological polar surface area (TPSA) is 49.8 Å². The standard InChI is InChI=1S/C28H24ClF6NO3/c1-17(18-7-3-2-4-8-18)25(37)36-16-21(39-24-10-6-5-9-22(24)29)13-11-19-15-20(12-14-23(19)36)26(38,27(30,31)32)28(33,34)35/h2-10,12,14-15,17,21,38H,11,13,16H2,1H3/t17-,21-/m0/s1. The molecule has 0 radical (unpaired) electrons. The van der Waals surface area contributed by atoms with Crippen LogP contribution in [0.2, 0.25) is 5.02 Å². The molecule has 4 nitrogen and oxygen atoms in total. The monoisotopic (exact) mass is 571 g/mol. The maximum Gasteiger partial charge on any atom is 0.430 e. The van der Waals surface area contributed by atoms with Gasteiger partial charge in [-0.3, -0.25) is 4.79 Å². The molecular weight excluding hydrogens is 548 g/mol. The molecule has 0 unspecified atom stereocenters. The first-order valence-electron chi connectivity index (χ1n) is 12.0. The van der Waals surface area contributed by atoms with E-state index >= 15 is 0 Å². The highest BCUT2D eigenvalue weighted by atomic mass is 35.5. The van der Waals surface area contributed by atoms with Crippen LogP contribution in [0.4, 0.5) is 32.0 Å². The van der Waals surface area contributed by atoms with Gasteiger partial charge in [-0.2, -0.15) is 26.3 Å². The van der Waals surface area contributed by atoms with E-state index in [1.807, 2.05) is 0 Å². The Morgan fingerprint density at radius 2 is 1.59 bits per heavy atom. The first-order valence-corrected chi connectivity index (χ1v) is 12.4. The van der Waals surface area contributed by atoms with Crippen molar-refractivity contribution < 1.29 is 41.0 Å². The van der Waals surface area contributed by atoms with Crippen LogP contribution in [0.15, 0.2) is 72.8 Å². The van der Waals surface area contributed by atoms with E-state index in [9.17, 15) is 36.2 Å². The van der Waals surface area contributed by atoms with Gasteiger partial charge in [-0.25, -0.2) is 0 Å². The predicted octanol–water partition coefficient (Wildman–Crippen LogP) is 7.18. The van der Waals surface area contributed by atoms with Crippen molar-refractivity contribution in [1.29, 1.82) is 0 Å². The lowest BCUT2D eigenvalue weighted by Crippen LogP contribution is -2.54. The van der Waals surface area contributed by atoms with Crippen molar-refractivity contribution in [3.8, 4) is 5.75 Å². The molecule has 208 valence electrons. The minimum atomic E-state index is -6.03. The van der Waals surface area contributed by atoms with E-state index in [1.54, 1.807) is 61.5 Å². The summed E-state index contributed by atoms with van der Waals surface area (Å²) in [4.78, 5) is 15.0. The van der Waals surface area contributed by atoms with E-state index in [0.29, 0.717) is 28.5 Å². The average Bonchev–Trinajstić information content (AvgIpc) is 3.07. The summed E-state index contributed by atoms with van der Waals surface area (Å²) in [7, 11) is 0. The van der Waals surface area contributed by atoms with Crippen molar-refractivity contribution in [2.45, 2.75) is 49.7 Å². The predicted molar refractivity (Wildman–Crippen MR) is 134 cm³/mol. The summed E-state index contributed by atoms with van der Waals surface area (Å²) in [6.07, 6.45) is -12.6. The van der Waals surface area contributed by atoms with Crippen LogP contribution in [0.5, 0.6) is 5.75 Å². The number of alkyl halides is 6. The normalized spacial score (nSPS) is 17.3. The molecule has 0 bridgehead atoms. The molecule has 1 aliphatic heterocycles. The zero-order chi connectivity index (χ0) is 28.6. The van der Waals surface area contributed by atoms with E-state index in [-0.39, 0.29) is 30.6 Å². The molecule has 0 aliphatic carbocycles. The van der Waals surface area contributed by atoms with Crippen LogP contribution in [0.3, 0.4) is 0 Å². The number of ether oxygens (including phenoxy) is 1. The molecule has 3 aromatic rings. The Labute approximate surface area is 225 Å². The second kappa shape index (κ2) is 10.7. The number of aryl methyl sites for hydroxylation is 1. The van der Waals surface area contributed by atoms with Gasteiger partial charge < -0.3 is 14.7 Å². The summed E-state index contributed by atoms with van der Waals surface area (Å²) in [6.45, 7) is 1.63. The van der Waals surface area contributed by atoms with E-state index < -0.39 is 41.4 Å². The van der Waals surface area contributed by atoms with Crippen LogP contribution < -0.4 is 9.64 Å². The number of hydrogen-bond donors (Lipinski definition) is 1. The van der Waals surface area contributed by atoms with Crippen LogP contribution in [0, 0.1) is 0 Å². The van der Waals surface area contributed by atoms with E-state index in [2.05, 4.69) is 0 Å². The molecule has 1 aliphatic rings. The third-order valence-corrected chi connectivity index (χ3v) is 7.11. The number of fused-ring (bicyclic) bond motifs is 1. The van der Waals surface area contributed by atoms with Gasteiger partial charge in [0.25, 0.3) is 5.60 Å². The van der Waals surface area contributed by atoms with Gasteiger partial charge in [0.2, 0.25) is 5.91 Å². The lowest BCUT2D eigenvalue weighted by atomic mass is 9.89. The van der Waals surface area contributed by atoms with Crippen LogP contribution in [0.1, 0.15) is 36.0 Å². The number of amides is 1. The van der Waals surface area contributed by atoms with Crippen molar-refractivity contribution >= 4 is 23.2 Å². The largest absolute Gasteiger partial charge is 0.487 e. The zero-order valence-corrected chi connectivity index (χ0v) is 21.3. The summed E-state index contributed by atoms with van der Waals surface area (Å²) in [5, 5.41) is 10.3. The van der Waals surface area contributed by atoms with Crippen LogP contribution in [0.25, 0.3) is 0 Å². The zero-order valence-electron chi connectivity index (χ0n) is 20.6. The van der Waals surface area contributed by atoms with Gasteiger partial charge in [0.05, 0.1) is 17.5 Å². The van der Waals surface area contributed by atoms with Crippen LogP contribution >= 0.6 is 11.6 Å². The highest BCUT2D eigenvalue weighted by molar-refractivity contribution is 6.32. The van der Waals surface area contributed by atoms with Crippen molar-refractivity contribution in [3.05, 3.63) is 94.5 Å². The fourth-order valence-corrected chi connectivity index (χ4v) is 4.79. The summed E-state index contributed by atoms with van der Waals surface area (Å²) < 4.78 is 87.5. The molecule has 0 fully saturated rings. The highest BCUT2D eigenvalue weighted by Crippen LogP contribution is 2.51. The van der Waals surface area contributed by atoms with Crippen LogP contribution in [-0.2, 0) is 16.8 Å². The number of aliphatic hydroxyl groups is 1. The molecule has 11 heteroatoms. The molecule has 0 saturated heterocycles. The third kappa shape index (κ3) is 5.58. The van der Waals surface area contributed by atoms with E-state index in [0.717, 1.165) is 6.07 Å². The first kappa shape index (κ1) is 28.8. The van der Waals surface area contributed by atoms with Gasteiger partial charge in [-0.05, 0) is 49.1 Å². The van der Waals surface area contributed by atoms with Gasteiger partial charge >= 0.3 is 12.4 Å². The Morgan fingerprint density at radius 3 is 2.21 bits per heavy atom. The second-order valence-corrected chi connectivity index (χ2v) is 9.75.